The number of aryl methyl sites for hydroxylation is 1. The molecule has 0 aliphatic heterocycles. The number of nitrogen functional groups attached to an aromatic ring is 1. The minimum atomic E-state index is -0.0782. The molecule has 0 spiro atoms. The summed E-state index contributed by atoms with van der Waals surface area (Å²) in [6.07, 6.45) is 0. The van der Waals surface area contributed by atoms with E-state index in [0.29, 0.717) is 12.1 Å². The van der Waals surface area contributed by atoms with Crippen LogP contribution >= 0.6 is 0 Å². The van der Waals surface area contributed by atoms with Gasteiger partial charge in [0.25, 0.3) is 5.91 Å². The third-order valence-corrected chi connectivity index (χ3v) is 4.71. The van der Waals surface area contributed by atoms with Crippen LogP contribution < -0.4 is 21.1 Å². The summed E-state index contributed by atoms with van der Waals surface area (Å²) in [5.41, 5.74) is 10.8. The first-order valence-corrected chi connectivity index (χ1v) is 9.09. The topological polar surface area (TPSA) is 81.3 Å². The summed E-state index contributed by atoms with van der Waals surface area (Å²) in [6.45, 7) is 4.20. The first-order valence-electron chi connectivity index (χ1n) is 9.09. The molecule has 0 saturated heterocycles. The number of anilines is 1. The van der Waals surface area contributed by atoms with Crippen molar-refractivity contribution in [3.05, 3.63) is 48.0 Å². The van der Waals surface area contributed by atoms with Crippen LogP contribution in [0.25, 0.3) is 22.2 Å². The maximum absolute atomic E-state index is 12.2. The average Bonchev–Trinajstić information content (AvgIpc) is 2.99. The van der Waals surface area contributed by atoms with E-state index in [4.69, 9.17) is 10.5 Å². The first-order chi connectivity index (χ1) is 13.1. The fourth-order valence-electron chi connectivity index (χ4n) is 3.31. The molecule has 0 radical (unpaired) electrons. The zero-order chi connectivity index (χ0) is 19.4. The van der Waals surface area contributed by atoms with Crippen molar-refractivity contribution in [3.8, 4) is 17.0 Å². The number of rotatable bonds is 7. The van der Waals surface area contributed by atoms with Crippen molar-refractivity contribution in [2.24, 2.45) is 0 Å². The fourth-order valence-corrected chi connectivity index (χ4v) is 3.31. The molecular weight excluding hydrogens is 340 g/mol. The lowest BCUT2D eigenvalue weighted by molar-refractivity contribution is 0.0954. The zero-order valence-electron chi connectivity index (χ0n) is 16.0. The first kappa shape index (κ1) is 18.8. The van der Waals surface area contributed by atoms with Gasteiger partial charge in [-0.15, -0.1) is 0 Å². The molecule has 1 amide bonds. The van der Waals surface area contributed by atoms with E-state index in [1.165, 1.54) is 0 Å². The fraction of sp³-hybridized carbons (Fsp3) is 0.286. The van der Waals surface area contributed by atoms with Crippen LogP contribution in [-0.2, 0) is 6.54 Å². The third-order valence-electron chi connectivity index (χ3n) is 4.71. The Bertz CT molecular complexity index is 945. The van der Waals surface area contributed by atoms with Gasteiger partial charge in [0.05, 0.1) is 24.0 Å². The number of carbonyl (C=O) groups is 1. The minimum Gasteiger partial charge on any atom is -0.497 e. The van der Waals surface area contributed by atoms with Gasteiger partial charge in [-0.05, 0) is 38.2 Å². The number of nitrogens with one attached hydrogen (secondary N) is 2. The molecule has 0 saturated carbocycles. The lowest BCUT2D eigenvalue weighted by Crippen LogP contribution is -2.30. The molecule has 6 nitrogen and oxygen atoms in total. The Kier molecular flexibility index (Phi) is 5.66. The summed E-state index contributed by atoms with van der Waals surface area (Å²) in [5.74, 6) is 0.723. The molecule has 4 N–H and O–H groups in total. The molecule has 0 aliphatic rings. The van der Waals surface area contributed by atoms with Crippen LogP contribution in [0.1, 0.15) is 17.3 Å². The number of benzene rings is 2. The number of aromatic nitrogens is 1. The van der Waals surface area contributed by atoms with Crippen LogP contribution in [-0.4, -0.2) is 37.7 Å². The van der Waals surface area contributed by atoms with Crippen LogP contribution in [0.2, 0.25) is 0 Å². The summed E-state index contributed by atoms with van der Waals surface area (Å²) in [4.78, 5) is 12.2. The number of likely N-dealkylation sites (N-methyl/N-ethyl adjacent to an activating group) is 1. The Labute approximate surface area is 159 Å². The van der Waals surface area contributed by atoms with Gasteiger partial charge in [0.1, 0.15) is 5.75 Å². The van der Waals surface area contributed by atoms with E-state index < -0.39 is 0 Å². The number of carbonyl (C=O) groups excluding carboxylic acids is 1. The van der Waals surface area contributed by atoms with Crippen molar-refractivity contribution in [2.75, 3.05) is 33.0 Å². The molecule has 1 aromatic heterocycles. The molecule has 0 fully saturated rings. The van der Waals surface area contributed by atoms with Crippen molar-refractivity contribution < 1.29 is 9.53 Å². The Hall–Kier alpha value is -2.99. The van der Waals surface area contributed by atoms with Gasteiger partial charge in [-0.2, -0.15) is 0 Å². The molecule has 0 aliphatic carbocycles. The second-order valence-electron chi connectivity index (χ2n) is 6.33. The van der Waals surface area contributed by atoms with Crippen molar-refractivity contribution in [1.82, 2.24) is 15.2 Å². The Balaban J connectivity index is 1.97. The van der Waals surface area contributed by atoms with Crippen molar-refractivity contribution in [3.63, 3.8) is 0 Å². The minimum absolute atomic E-state index is 0.0782. The molecule has 3 rings (SSSR count). The molecule has 3 aromatic rings. The second kappa shape index (κ2) is 8.14. The van der Waals surface area contributed by atoms with E-state index >= 15 is 0 Å². The maximum Gasteiger partial charge on any atom is 0.251 e. The Morgan fingerprint density at radius 2 is 1.89 bits per heavy atom. The van der Waals surface area contributed by atoms with E-state index in [1.54, 1.807) is 7.11 Å². The zero-order valence-corrected chi connectivity index (χ0v) is 16.0. The lowest BCUT2D eigenvalue weighted by atomic mass is 10.1. The lowest BCUT2D eigenvalue weighted by Gasteiger charge is -2.10. The molecule has 2 aromatic carbocycles. The number of fused-ring (bicyclic) bond motifs is 1. The molecule has 0 unspecified atom stereocenters. The molecular formula is C21H26N4O2. The summed E-state index contributed by atoms with van der Waals surface area (Å²) in [6, 6.07) is 13.5. The number of hydrogen-bond donors (Lipinski definition) is 3. The monoisotopic (exact) mass is 366 g/mol. The standard InChI is InChI=1S/C21H26N4O2/c1-4-25-18-13-16(27-3)9-10-17(18)19(22)20(25)14-5-7-15(8-6-14)21(26)24-12-11-23-2/h5-10,13,23H,4,11-12,22H2,1-3H3,(H,24,26). The van der Waals surface area contributed by atoms with E-state index in [-0.39, 0.29) is 5.91 Å². The van der Waals surface area contributed by atoms with E-state index in [1.807, 2.05) is 49.5 Å². The molecule has 0 atom stereocenters. The van der Waals surface area contributed by atoms with Gasteiger partial charge in [0.2, 0.25) is 0 Å². The SMILES string of the molecule is CCn1c(-c2ccc(C(=O)NCCNC)cc2)c(N)c2ccc(OC)cc21. The van der Waals surface area contributed by atoms with E-state index in [2.05, 4.69) is 22.1 Å². The number of amides is 1. The predicted octanol–water partition coefficient (Wildman–Crippen LogP) is 2.87. The van der Waals surface area contributed by atoms with Crippen LogP contribution in [0.15, 0.2) is 42.5 Å². The molecule has 6 heteroatoms. The highest BCUT2D eigenvalue weighted by molar-refractivity contribution is 6.02. The van der Waals surface area contributed by atoms with Crippen LogP contribution in [0.3, 0.4) is 0 Å². The summed E-state index contributed by atoms with van der Waals surface area (Å²) < 4.78 is 7.53. The smallest absolute Gasteiger partial charge is 0.251 e. The maximum atomic E-state index is 12.2. The van der Waals surface area contributed by atoms with Gasteiger partial charge in [-0.1, -0.05) is 12.1 Å². The summed E-state index contributed by atoms with van der Waals surface area (Å²) >= 11 is 0. The Morgan fingerprint density at radius 3 is 2.52 bits per heavy atom. The average molecular weight is 366 g/mol. The van der Waals surface area contributed by atoms with E-state index in [9.17, 15) is 4.79 Å². The predicted molar refractivity (Wildman–Crippen MR) is 110 cm³/mol. The molecule has 1 heterocycles. The number of nitrogens with zero attached hydrogens (tertiary/aromatic N) is 1. The van der Waals surface area contributed by atoms with Crippen molar-refractivity contribution in [1.29, 1.82) is 0 Å². The highest BCUT2D eigenvalue weighted by atomic mass is 16.5. The number of methoxy groups -OCH3 is 1. The van der Waals surface area contributed by atoms with Gasteiger partial charge in [0.15, 0.2) is 0 Å². The highest BCUT2D eigenvalue weighted by Crippen LogP contribution is 2.37. The van der Waals surface area contributed by atoms with Gasteiger partial charge in [-0.3, -0.25) is 4.79 Å². The van der Waals surface area contributed by atoms with Crippen LogP contribution in [0.4, 0.5) is 5.69 Å². The highest BCUT2D eigenvalue weighted by Gasteiger charge is 2.17. The number of ether oxygens (including phenoxy) is 1. The Morgan fingerprint density at radius 1 is 1.15 bits per heavy atom. The molecule has 0 bridgehead atoms. The molecule has 142 valence electrons. The van der Waals surface area contributed by atoms with Crippen molar-refractivity contribution in [2.45, 2.75) is 13.5 Å². The van der Waals surface area contributed by atoms with Crippen molar-refractivity contribution >= 4 is 22.5 Å². The largest absolute Gasteiger partial charge is 0.497 e. The van der Waals surface area contributed by atoms with Gasteiger partial charge >= 0.3 is 0 Å². The summed E-state index contributed by atoms with van der Waals surface area (Å²) in [7, 11) is 3.51. The quantitative estimate of drug-likeness (QED) is 0.562. The normalized spacial score (nSPS) is 10.9. The van der Waals surface area contributed by atoms with Gasteiger partial charge in [-0.25, -0.2) is 0 Å². The van der Waals surface area contributed by atoms with E-state index in [0.717, 1.165) is 46.7 Å². The van der Waals surface area contributed by atoms with Crippen LogP contribution in [0.5, 0.6) is 5.75 Å². The van der Waals surface area contributed by atoms with Gasteiger partial charge in [0, 0.05) is 42.2 Å². The second-order valence-corrected chi connectivity index (χ2v) is 6.33. The van der Waals surface area contributed by atoms with Gasteiger partial charge < -0.3 is 25.7 Å². The number of nitrogens with two attached hydrogens (primary N) is 1. The summed E-state index contributed by atoms with van der Waals surface area (Å²) in [5, 5.41) is 6.89. The molecule has 27 heavy (non-hydrogen) atoms. The third kappa shape index (κ3) is 3.61. The van der Waals surface area contributed by atoms with Crippen LogP contribution in [0, 0.1) is 0 Å². The number of hydrogen-bond acceptors (Lipinski definition) is 4.